The van der Waals surface area contributed by atoms with Gasteiger partial charge in [0, 0.05) is 26.2 Å². The standard InChI is InChI=1S/C19H24N2O4S/c1-24-17-7-9-18(10-8-17)26(22,23)20-11-12-21-13-14-25-19(15-21)16-5-3-2-4-6-16/h2-10,19-20H,11-15H2,1H3. The maximum atomic E-state index is 12.4. The van der Waals surface area contributed by atoms with Crippen LogP contribution < -0.4 is 9.46 Å². The molecule has 26 heavy (non-hydrogen) atoms. The summed E-state index contributed by atoms with van der Waals surface area (Å²) in [5, 5.41) is 0. The highest BCUT2D eigenvalue weighted by Crippen LogP contribution is 2.21. The first kappa shape index (κ1) is 18.8. The van der Waals surface area contributed by atoms with Crippen LogP contribution >= 0.6 is 0 Å². The van der Waals surface area contributed by atoms with Gasteiger partial charge in [-0.05, 0) is 29.8 Å². The van der Waals surface area contributed by atoms with Crippen LogP contribution in [0.5, 0.6) is 5.75 Å². The molecule has 1 fully saturated rings. The molecule has 0 amide bonds. The van der Waals surface area contributed by atoms with E-state index in [1.54, 1.807) is 31.4 Å². The molecule has 0 aromatic heterocycles. The minimum absolute atomic E-state index is 0.0307. The molecule has 1 aliphatic rings. The Morgan fingerprint density at radius 2 is 1.88 bits per heavy atom. The highest BCUT2D eigenvalue weighted by molar-refractivity contribution is 7.89. The number of methoxy groups -OCH3 is 1. The van der Waals surface area contributed by atoms with Gasteiger partial charge in [0.05, 0.1) is 24.7 Å². The van der Waals surface area contributed by atoms with Crippen LogP contribution in [0.25, 0.3) is 0 Å². The number of morpholine rings is 1. The summed E-state index contributed by atoms with van der Waals surface area (Å²) >= 11 is 0. The van der Waals surface area contributed by atoms with Gasteiger partial charge in [-0.25, -0.2) is 13.1 Å². The molecule has 140 valence electrons. The molecule has 2 aromatic rings. The van der Waals surface area contributed by atoms with Crippen molar-refractivity contribution in [3.63, 3.8) is 0 Å². The highest BCUT2D eigenvalue weighted by Gasteiger charge is 2.22. The number of hydrogen-bond acceptors (Lipinski definition) is 5. The van der Waals surface area contributed by atoms with E-state index in [-0.39, 0.29) is 11.0 Å². The number of rotatable bonds is 7. The molecule has 1 N–H and O–H groups in total. The number of nitrogens with one attached hydrogen (secondary N) is 1. The van der Waals surface area contributed by atoms with E-state index in [1.807, 2.05) is 18.2 Å². The zero-order chi connectivity index (χ0) is 18.4. The molecule has 2 aromatic carbocycles. The second-order valence-corrected chi connectivity index (χ2v) is 7.91. The number of sulfonamides is 1. The van der Waals surface area contributed by atoms with E-state index in [2.05, 4.69) is 21.8 Å². The fourth-order valence-electron chi connectivity index (χ4n) is 2.95. The third-order valence-corrected chi connectivity index (χ3v) is 5.89. The summed E-state index contributed by atoms with van der Waals surface area (Å²) in [6.07, 6.45) is 0.0307. The maximum Gasteiger partial charge on any atom is 0.240 e. The van der Waals surface area contributed by atoms with Gasteiger partial charge in [-0.1, -0.05) is 30.3 Å². The van der Waals surface area contributed by atoms with Crippen molar-refractivity contribution in [2.45, 2.75) is 11.0 Å². The zero-order valence-corrected chi connectivity index (χ0v) is 15.6. The van der Waals surface area contributed by atoms with Crippen molar-refractivity contribution in [1.82, 2.24) is 9.62 Å². The van der Waals surface area contributed by atoms with Crippen LogP contribution in [-0.2, 0) is 14.8 Å². The summed E-state index contributed by atoms with van der Waals surface area (Å²) in [7, 11) is -1.97. The minimum Gasteiger partial charge on any atom is -0.497 e. The maximum absolute atomic E-state index is 12.4. The summed E-state index contributed by atoms with van der Waals surface area (Å²) in [4.78, 5) is 2.46. The van der Waals surface area contributed by atoms with Crippen LogP contribution in [0.1, 0.15) is 11.7 Å². The van der Waals surface area contributed by atoms with Gasteiger partial charge in [0.15, 0.2) is 0 Å². The third kappa shape index (κ3) is 4.82. The lowest BCUT2D eigenvalue weighted by Crippen LogP contribution is -2.42. The highest BCUT2D eigenvalue weighted by atomic mass is 32.2. The van der Waals surface area contributed by atoms with Crippen molar-refractivity contribution in [3.05, 3.63) is 60.2 Å². The Balaban J connectivity index is 1.52. The molecule has 1 saturated heterocycles. The monoisotopic (exact) mass is 376 g/mol. The summed E-state index contributed by atoms with van der Waals surface area (Å²) in [6.45, 7) is 3.20. The second kappa shape index (κ2) is 8.64. The first-order valence-electron chi connectivity index (χ1n) is 8.61. The Bertz CT molecular complexity index is 794. The summed E-state index contributed by atoms with van der Waals surface area (Å²) in [5.74, 6) is 0.629. The van der Waals surface area contributed by atoms with Gasteiger partial charge in [0.25, 0.3) is 0 Å². The quantitative estimate of drug-likeness (QED) is 0.801. The second-order valence-electron chi connectivity index (χ2n) is 6.14. The van der Waals surface area contributed by atoms with E-state index in [1.165, 1.54) is 0 Å². The molecule has 0 aliphatic carbocycles. The Morgan fingerprint density at radius 3 is 2.58 bits per heavy atom. The predicted octanol–water partition coefficient (Wildman–Crippen LogP) is 2.05. The van der Waals surface area contributed by atoms with Gasteiger partial charge in [-0.15, -0.1) is 0 Å². The molecule has 0 radical (unpaired) electrons. The fraction of sp³-hybridized carbons (Fsp3) is 0.368. The number of nitrogens with zero attached hydrogens (tertiary/aromatic N) is 1. The van der Waals surface area contributed by atoms with Crippen molar-refractivity contribution in [2.75, 3.05) is 39.9 Å². The summed E-state index contributed by atoms with van der Waals surface area (Å²) in [6, 6.07) is 16.5. The Hall–Kier alpha value is -1.93. The summed E-state index contributed by atoms with van der Waals surface area (Å²) < 4.78 is 38.3. The lowest BCUT2D eigenvalue weighted by atomic mass is 10.1. The van der Waals surface area contributed by atoms with Crippen molar-refractivity contribution in [3.8, 4) is 5.75 Å². The normalized spacial score (nSPS) is 18.6. The van der Waals surface area contributed by atoms with Crippen molar-refractivity contribution < 1.29 is 17.9 Å². The van der Waals surface area contributed by atoms with E-state index >= 15 is 0 Å². The Kier molecular flexibility index (Phi) is 6.26. The van der Waals surface area contributed by atoms with Gasteiger partial charge in [-0.2, -0.15) is 0 Å². The van der Waals surface area contributed by atoms with Gasteiger partial charge in [0.1, 0.15) is 5.75 Å². The first-order valence-corrected chi connectivity index (χ1v) is 10.1. The summed E-state index contributed by atoms with van der Waals surface area (Å²) in [5.41, 5.74) is 1.15. The number of hydrogen-bond donors (Lipinski definition) is 1. The average Bonchev–Trinajstić information content (AvgIpc) is 2.69. The van der Waals surface area contributed by atoms with Gasteiger partial charge in [-0.3, -0.25) is 4.90 Å². The predicted molar refractivity (Wildman–Crippen MR) is 99.8 cm³/mol. The smallest absolute Gasteiger partial charge is 0.240 e. The zero-order valence-electron chi connectivity index (χ0n) is 14.8. The molecule has 3 rings (SSSR count). The molecule has 7 heteroatoms. The van der Waals surface area contributed by atoms with Crippen LogP contribution in [0.2, 0.25) is 0 Å². The molecule has 1 unspecified atom stereocenters. The molecule has 0 bridgehead atoms. The van der Waals surface area contributed by atoms with E-state index in [0.717, 1.165) is 18.7 Å². The van der Waals surface area contributed by atoms with Crippen LogP contribution in [0, 0.1) is 0 Å². The van der Waals surface area contributed by atoms with Gasteiger partial charge >= 0.3 is 0 Å². The SMILES string of the molecule is COc1ccc(S(=O)(=O)NCCN2CCOC(c3ccccc3)C2)cc1. The molecule has 6 nitrogen and oxygen atoms in total. The molecule has 0 saturated carbocycles. The lowest BCUT2D eigenvalue weighted by molar-refractivity contribution is -0.0291. The average molecular weight is 376 g/mol. The largest absolute Gasteiger partial charge is 0.497 e. The van der Waals surface area contributed by atoms with Crippen molar-refractivity contribution >= 4 is 10.0 Å². The molecule has 0 spiro atoms. The van der Waals surface area contributed by atoms with Crippen LogP contribution in [0.4, 0.5) is 0 Å². The van der Waals surface area contributed by atoms with E-state index < -0.39 is 10.0 Å². The van der Waals surface area contributed by atoms with Crippen LogP contribution in [-0.4, -0.2) is 53.2 Å². The number of ether oxygens (including phenoxy) is 2. The Morgan fingerprint density at radius 1 is 1.15 bits per heavy atom. The van der Waals surface area contributed by atoms with E-state index in [4.69, 9.17) is 9.47 Å². The van der Waals surface area contributed by atoms with E-state index in [9.17, 15) is 8.42 Å². The first-order chi connectivity index (χ1) is 12.6. The minimum atomic E-state index is -3.52. The molecule has 1 heterocycles. The molecular weight excluding hydrogens is 352 g/mol. The number of benzene rings is 2. The van der Waals surface area contributed by atoms with Crippen molar-refractivity contribution in [1.29, 1.82) is 0 Å². The van der Waals surface area contributed by atoms with Crippen LogP contribution in [0.15, 0.2) is 59.5 Å². The topological polar surface area (TPSA) is 67.9 Å². The van der Waals surface area contributed by atoms with Crippen LogP contribution in [0.3, 0.4) is 0 Å². The van der Waals surface area contributed by atoms with Crippen molar-refractivity contribution in [2.24, 2.45) is 0 Å². The fourth-order valence-corrected chi connectivity index (χ4v) is 3.97. The lowest BCUT2D eigenvalue weighted by Gasteiger charge is -2.33. The van der Waals surface area contributed by atoms with Gasteiger partial charge in [0.2, 0.25) is 10.0 Å². The van der Waals surface area contributed by atoms with E-state index in [0.29, 0.717) is 25.4 Å². The third-order valence-electron chi connectivity index (χ3n) is 4.41. The molecule has 1 aliphatic heterocycles. The Labute approximate surface area is 154 Å². The molecule has 1 atom stereocenters. The molecular formula is C19H24N2O4S. The van der Waals surface area contributed by atoms with Gasteiger partial charge < -0.3 is 9.47 Å².